The van der Waals surface area contributed by atoms with Crippen LogP contribution in [0.5, 0.6) is 0 Å². The average Bonchev–Trinajstić information content (AvgIpc) is 2.03. The van der Waals surface area contributed by atoms with Gasteiger partial charge in [-0.25, -0.2) is 0 Å². The SMILES string of the molecule is [CH+]=CB1OC(C)(C)C(C)(C)O1. The van der Waals surface area contributed by atoms with E-state index in [9.17, 15) is 0 Å². The van der Waals surface area contributed by atoms with Crippen molar-refractivity contribution < 1.29 is 9.31 Å². The molecule has 0 N–H and O–H groups in total. The molecule has 0 bridgehead atoms. The van der Waals surface area contributed by atoms with Gasteiger partial charge in [-0.2, -0.15) is 0 Å². The third-order valence-electron chi connectivity index (χ3n) is 2.43. The Morgan fingerprint density at radius 1 is 1.09 bits per heavy atom. The highest BCUT2D eigenvalue weighted by Crippen LogP contribution is 2.36. The molecule has 0 aromatic rings. The van der Waals surface area contributed by atoms with Gasteiger partial charge < -0.3 is 9.31 Å². The van der Waals surface area contributed by atoms with E-state index in [4.69, 9.17) is 15.9 Å². The van der Waals surface area contributed by atoms with Crippen LogP contribution in [-0.2, 0) is 9.31 Å². The Labute approximate surface area is 68.7 Å². The first-order chi connectivity index (χ1) is 4.89. The molecule has 1 heterocycles. The van der Waals surface area contributed by atoms with Gasteiger partial charge >= 0.3 is 7.12 Å². The molecule has 11 heavy (non-hydrogen) atoms. The van der Waals surface area contributed by atoms with Crippen LogP contribution in [0.4, 0.5) is 0 Å². The molecule has 1 rings (SSSR count). The lowest BCUT2D eigenvalue weighted by Crippen LogP contribution is -2.41. The highest BCUT2D eigenvalue weighted by atomic mass is 16.7. The van der Waals surface area contributed by atoms with Gasteiger partial charge in [-0.3, -0.25) is 0 Å². The van der Waals surface area contributed by atoms with Crippen molar-refractivity contribution in [3.8, 4) is 0 Å². The summed E-state index contributed by atoms with van der Waals surface area (Å²) in [5.74, 6) is 1.43. The molecule has 0 aromatic heterocycles. The molecule has 60 valence electrons. The molecule has 1 aliphatic heterocycles. The molecule has 0 spiro atoms. The molecule has 2 nitrogen and oxygen atoms in total. The number of hydrogen-bond acceptors (Lipinski definition) is 2. The predicted molar refractivity (Wildman–Crippen MR) is 45.0 cm³/mol. The fourth-order valence-electron chi connectivity index (χ4n) is 0.967. The summed E-state index contributed by atoms with van der Waals surface area (Å²) in [7, 11) is -0.361. The maximum absolute atomic E-state index is 5.51. The minimum atomic E-state index is -0.361. The van der Waals surface area contributed by atoms with Crippen molar-refractivity contribution in [3.63, 3.8) is 0 Å². The number of rotatable bonds is 1. The second-order valence-electron chi connectivity index (χ2n) is 3.82. The van der Waals surface area contributed by atoms with Crippen molar-refractivity contribution in [2.45, 2.75) is 38.9 Å². The van der Waals surface area contributed by atoms with E-state index in [0.717, 1.165) is 0 Å². The van der Waals surface area contributed by atoms with Gasteiger partial charge in [0.25, 0.3) is 0 Å². The van der Waals surface area contributed by atoms with Gasteiger partial charge in [0.1, 0.15) is 0 Å². The number of hydrogen-bond donors (Lipinski definition) is 0. The monoisotopic (exact) mass is 153 g/mol. The fraction of sp³-hybridized carbons (Fsp3) is 0.750. The zero-order chi connectivity index (χ0) is 8.70. The van der Waals surface area contributed by atoms with Crippen LogP contribution in [-0.4, -0.2) is 18.3 Å². The summed E-state index contributed by atoms with van der Waals surface area (Å²) >= 11 is 0. The van der Waals surface area contributed by atoms with E-state index in [-0.39, 0.29) is 18.3 Å². The van der Waals surface area contributed by atoms with Crippen molar-refractivity contribution in [3.05, 3.63) is 12.6 Å². The maximum Gasteiger partial charge on any atom is 0.543 e. The highest BCUT2D eigenvalue weighted by molar-refractivity contribution is 6.51. The standard InChI is InChI=1S/C8H14BO2/c1-6-9-10-7(2,3)8(4,5)11-9/h1,6H,2-5H3/q+1. The Kier molecular flexibility index (Phi) is 1.83. The Morgan fingerprint density at radius 3 is 1.64 bits per heavy atom. The Morgan fingerprint density at radius 2 is 1.45 bits per heavy atom. The summed E-state index contributed by atoms with van der Waals surface area (Å²) in [5.41, 5.74) is -0.541. The first-order valence-electron chi connectivity index (χ1n) is 3.80. The van der Waals surface area contributed by atoms with E-state index in [0.29, 0.717) is 0 Å². The maximum atomic E-state index is 5.51. The summed E-state index contributed by atoms with van der Waals surface area (Å²) in [6, 6.07) is 0. The van der Waals surface area contributed by atoms with E-state index < -0.39 is 0 Å². The van der Waals surface area contributed by atoms with Gasteiger partial charge in [0.05, 0.1) is 11.2 Å². The van der Waals surface area contributed by atoms with Crippen LogP contribution in [0.1, 0.15) is 27.7 Å². The molecular formula is C8H14BO2+. The molecule has 0 aliphatic carbocycles. The van der Waals surface area contributed by atoms with Crippen LogP contribution in [0.15, 0.2) is 5.98 Å². The molecule has 1 saturated heterocycles. The van der Waals surface area contributed by atoms with E-state index in [2.05, 4.69) is 0 Å². The van der Waals surface area contributed by atoms with Crippen LogP contribution in [0.25, 0.3) is 0 Å². The van der Waals surface area contributed by atoms with Crippen LogP contribution in [0.2, 0.25) is 0 Å². The zero-order valence-electron chi connectivity index (χ0n) is 7.55. The molecule has 0 aromatic carbocycles. The largest absolute Gasteiger partial charge is 0.543 e. The van der Waals surface area contributed by atoms with E-state index >= 15 is 0 Å². The minimum absolute atomic E-state index is 0.270. The first kappa shape index (κ1) is 8.73. The molecule has 3 heteroatoms. The van der Waals surface area contributed by atoms with Crippen LogP contribution in [0, 0.1) is 6.58 Å². The van der Waals surface area contributed by atoms with Crippen molar-refractivity contribution in [1.29, 1.82) is 0 Å². The fourth-order valence-corrected chi connectivity index (χ4v) is 0.967. The first-order valence-corrected chi connectivity index (χ1v) is 3.80. The molecule has 0 saturated carbocycles. The minimum Gasteiger partial charge on any atom is -0.397 e. The van der Waals surface area contributed by atoms with Gasteiger partial charge in [-0.15, -0.1) is 0 Å². The van der Waals surface area contributed by atoms with Gasteiger partial charge in [0.15, 0.2) is 12.6 Å². The lowest BCUT2D eigenvalue weighted by atomic mass is 9.90. The van der Waals surface area contributed by atoms with E-state index in [1.165, 1.54) is 5.98 Å². The summed E-state index contributed by atoms with van der Waals surface area (Å²) in [6.07, 6.45) is 0. The van der Waals surface area contributed by atoms with Crippen LogP contribution < -0.4 is 0 Å². The molecule has 0 atom stereocenters. The molecule has 1 aliphatic rings. The molecule has 0 unspecified atom stereocenters. The molecule has 1 fully saturated rings. The van der Waals surface area contributed by atoms with Gasteiger partial charge in [-0.1, -0.05) is 0 Å². The molecular weight excluding hydrogens is 139 g/mol. The zero-order valence-corrected chi connectivity index (χ0v) is 7.55. The van der Waals surface area contributed by atoms with Crippen LogP contribution >= 0.6 is 0 Å². The molecule has 0 radical (unpaired) electrons. The summed E-state index contributed by atoms with van der Waals surface area (Å²) in [4.78, 5) is 0. The van der Waals surface area contributed by atoms with Crippen molar-refractivity contribution in [2.75, 3.05) is 0 Å². The van der Waals surface area contributed by atoms with Crippen molar-refractivity contribution in [2.24, 2.45) is 0 Å². The smallest absolute Gasteiger partial charge is 0.397 e. The Balaban J connectivity index is 2.79. The van der Waals surface area contributed by atoms with Crippen molar-refractivity contribution in [1.82, 2.24) is 0 Å². The van der Waals surface area contributed by atoms with Crippen LogP contribution in [0.3, 0.4) is 0 Å². The predicted octanol–water partition coefficient (Wildman–Crippen LogP) is 1.61. The van der Waals surface area contributed by atoms with Gasteiger partial charge in [0, 0.05) is 0 Å². The summed E-state index contributed by atoms with van der Waals surface area (Å²) < 4.78 is 11.0. The van der Waals surface area contributed by atoms with Gasteiger partial charge in [-0.05, 0) is 27.7 Å². The normalized spacial score (nSPS) is 27.0. The lowest BCUT2D eigenvalue weighted by Gasteiger charge is -2.32. The van der Waals surface area contributed by atoms with E-state index in [1.54, 1.807) is 0 Å². The summed E-state index contributed by atoms with van der Waals surface area (Å²) in [6.45, 7) is 13.3. The van der Waals surface area contributed by atoms with Crippen molar-refractivity contribution >= 4 is 7.12 Å². The third-order valence-corrected chi connectivity index (χ3v) is 2.43. The Hall–Kier alpha value is -0.365. The van der Waals surface area contributed by atoms with E-state index in [1.807, 2.05) is 27.7 Å². The summed E-state index contributed by atoms with van der Waals surface area (Å²) in [5, 5.41) is 0. The quantitative estimate of drug-likeness (QED) is 0.420. The topological polar surface area (TPSA) is 18.5 Å². The van der Waals surface area contributed by atoms with Gasteiger partial charge in [0.2, 0.25) is 0 Å². The average molecular weight is 153 g/mol. The third kappa shape index (κ3) is 1.32. The highest BCUT2D eigenvalue weighted by Gasteiger charge is 2.51. The second kappa shape index (κ2) is 2.31. The molecule has 0 amide bonds. The Bertz CT molecular complexity index is 159. The lowest BCUT2D eigenvalue weighted by molar-refractivity contribution is 0.00578. The second-order valence-corrected chi connectivity index (χ2v) is 3.82.